The molecule has 0 radical (unpaired) electrons. The average Bonchev–Trinajstić information content (AvgIpc) is 2.07. The average molecular weight is 183 g/mol. The van der Waals surface area contributed by atoms with E-state index < -0.39 is 11.6 Å². The molecule has 1 aromatic carbocycles. The van der Waals surface area contributed by atoms with Gasteiger partial charge in [0.25, 0.3) is 0 Å². The Balaban J connectivity index is 2.56. The summed E-state index contributed by atoms with van der Waals surface area (Å²) in [6.07, 6.45) is 1.65. The van der Waals surface area contributed by atoms with Crippen molar-refractivity contribution in [3.05, 3.63) is 29.3 Å². The first-order valence-corrected chi connectivity index (χ1v) is 4.37. The highest BCUT2D eigenvalue weighted by atomic mass is 19.1. The van der Waals surface area contributed by atoms with Gasteiger partial charge >= 0.3 is 0 Å². The van der Waals surface area contributed by atoms with Crippen molar-refractivity contribution in [2.45, 2.75) is 12.8 Å². The predicted octanol–water partition coefficient (Wildman–Crippen LogP) is 2.35. The zero-order valence-electron chi connectivity index (χ0n) is 7.48. The summed E-state index contributed by atoms with van der Waals surface area (Å²) in [5, 5.41) is 0. The van der Waals surface area contributed by atoms with Gasteiger partial charge in [0.1, 0.15) is 11.6 Å². The summed E-state index contributed by atoms with van der Waals surface area (Å²) in [4.78, 5) is 1.89. The lowest BCUT2D eigenvalue weighted by Gasteiger charge is -2.27. The van der Waals surface area contributed by atoms with Crippen LogP contribution in [0.25, 0.3) is 0 Å². The Bertz CT molecular complexity index is 336. The Labute approximate surface area is 76.0 Å². The molecule has 0 atom stereocenters. The van der Waals surface area contributed by atoms with E-state index in [2.05, 4.69) is 0 Å². The van der Waals surface area contributed by atoms with Crippen molar-refractivity contribution in [3.8, 4) is 0 Å². The van der Waals surface area contributed by atoms with Gasteiger partial charge in [-0.3, -0.25) is 0 Å². The highest BCUT2D eigenvalue weighted by Crippen LogP contribution is 2.28. The fourth-order valence-electron chi connectivity index (χ4n) is 1.79. The Kier molecular flexibility index (Phi) is 1.94. The van der Waals surface area contributed by atoms with Crippen molar-refractivity contribution in [1.82, 2.24) is 0 Å². The molecule has 3 heteroatoms. The summed E-state index contributed by atoms with van der Waals surface area (Å²) in [6.45, 7) is 0.871. The molecule has 0 saturated carbocycles. The maximum Gasteiger partial charge on any atom is 0.131 e. The molecular weight excluding hydrogens is 172 g/mol. The minimum Gasteiger partial charge on any atom is -0.374 e. The van der Waals surface area contributed by atoms with Crippen LogP contribution in [0.4, 0.5) is 14.5 Å². The van der Waals surface area contributed by atoms with Crippen molar-refractivity contribution >= 4 is 5.69 Å². The second-order valence-corrected chi connectivity index (χ2v) is 3.41. The van der Waals surface area contributed by atoms with Crippen molar-refractivity contribution in [2.24, 2.45) is 0 Å². The largest absolute Gasteiger partial charge is 0.374 e. The summed E-state index contributed by atoms with van der Waals surface area (Å²) >= 11 is 0. The van der Waals surface area contributed by atoms with Crippen LogP contribution in [0.3, 0.4) is 0 Å². The van der Waals surface area contributed by atoms with E-state index in [1.807, 2.05) is 11.9 Å². The van der Waals surface area contributed by atoms with E-state index in [1.165, 1.54) is 6.07 Å². The van der Waals surface area contributed by atoms with Crippen LogP contribution in [-0.4, -0.2) is 13.6 Å². The second kappa shape index (κ2) is 2.98. The highest BCUT2D eigenvalue weighted by molar-refractivity contribution is 5.55. The SMILES string of the molecule is CN1CCCc2c(F)cc(F)cc21. The van der Waals surface area contributed by atoms with Crippen LogP contribution < -0.4 is 4.90 Å². The third-order valence-electron chi connectivity index (χ3n) is 2.47. The fraction of sp³-hybridized carbons (Fsp3) is 0.400. The molecular formula is C10H11F2N. The number of benzene rings is 1. The monoisotopic (exact) mass is 183 g/mol. The van der Waals surface area contributed by atoms with Gasteiger partial charge in [0.05, 0.1) is 0 Å². The van der Waals surface area contributed by atoms with Crippen molar-refractivity contribution < 1.29 is 8.78 Å². The van der Waals surface area contributed by atoms with E-state index in [0.717, 1.165) is 19.0 Å². The van der Waals surface area contributed by atoms with Gasteiger partial charge in [-0.05, 0) is 18.9 Å². The first-order chi connectivity index (χ1) is 6.18. The van der Waals surface area contributed by atoms with Gasteiger partial charge in [0.15, 0.2) is 0 Å². The second-order valence-electron chi connectivity index (χ2n) is 3.41. The van der Waals surface area contributed by atoms with Gasteiger partial charge in [-0.25, -0.2) is 8.78 Å². The molecule has 1 heterocycles. The van der Waals surface area contributed by atoms with Crippen LogP contribution in [0.5, 0.6) is 0 Å². The molecule has 1 aliphatic rings. The van der Waals surface area contributed by atoms with Crippen LogP contribution in [0.1, 0.15) is 12.0 Å². The molecule has 70 valence electrons. The quantitative estimate of drug-likeness (QED) is 0.596. The Morgan fingerprint density at radius 3 is 2.85 bits per heavy atom. The molecule has 0 N–H and O–H groups in total. The molecule has 1 aliphatic heterocycles. The zero-order valence-corrected chi connectivity index (χ0v) is 7.48. The summed E-state index contributed by atoms with van der Waals surface area (Å²) in [5.41, 5.74) is 1.35. The lowest BCUT2D eigenvalue weighted by atomic mass is 10.0. The number of anilines is 1. The molecule has 0 aliphatic carbocycles. The Hall–Kier alpha value is -1.12. The third kappa shape index (κ3) is 1.39. The number of halogens is 2. The predicted molar refractivity (Wildman–Crippen MR) is 47.9 cm³/mol. The molecule has 0 amide bonds. The summed E-state index contributed by atoms with van der Waals surface area (Å²) < 4.78 is 26.1. The number of rotatable bonds is 0. The summed E-state index contributed by atoms with van der Waals surface area (Å²) in [5.74, 6) is -0.911. The van der Waals surface area contributed by atoms with Crippen LogP contribution in [0, 0.1) is 11.6 Å². The molecule has 0 spiro atoms. The van der Waals surface area contributed by atoms with E-state index in [9.17, 15) is 8.78 Å². The number of fused-ring (bicyclic) bond motifs is 1. The van der Waals surface area contributed by atoms with Crippen LogP contribution in [-0.2, 0) is 6.42 Å². The van der Waals surface area contributed by atoms with E-state index in [-0.39, 0.29) is 0 Å². The van der Waals surface area contributed by atoms with Crippen molar-refractivity contribution in [3.63, 3.8) is 0 Å². The smallest absolute Gasteiger partial charge is 0.131 e. The molecule has 1 nitrogen and oxygen atoms in total. The summed E-state index contributed by atoms with van der Waals surface area (Å²) in [6, 6.07) is 2.36. The van der Waals surface area contributed by atoms with Gasteiger partial charge < -0.3 is 4.90 Å². The maximum absolute atomic E-state index is 13.2. The first kappa shape index (κ1) is 8.48. The van der Waals surface area contributed by atoms with Crippen LogP contribution in [0.2, 0.25) is 0 Å². The fourth-order valence-corrected chi connectivity index (χ4v) is 1.79. The van der Waals surface area contributed by atoms with Gasteiger partial charge in [-0.15, -0.1) is 0 Å². The van der Waals surface area contributed by atoms with Crippen molar-refractivity contribution in [1.29, 1.82) is 0 Å². The summed E-state index contributed by atoms with van der Waals surface area (Å²) in [7, 11) is 1.86. The van der Waals surface area contributed by atoms with E-state index in [1.54, 1.807) is 0 Å². The minimum atomic E-state index is -0.495. The molecule has 0 saturated heterocycles. The topological polar surface area (TPSA) is 3.24 Å². The normalized spacial score (nSPS) is 15.8. The molecule has 0 unspecified atom stereocenters. The Morgan fingerprint density at radius 2 is 2.08 bits per heavy atom. The van der Waals surface area contributed by atoms with Gasteiger partial charge in [-0.1, -0.05) is 0 Å². The standard InChI is InChI=1S/C10H11F2N/c1-13-4-2-3-8-9(12)5-7(11)6-10(8)13/h5-6H,2-4H2,1H3. The molecule has 2 rings (SSSR count). The number of hydrogen-bond acceptors (Lipinski definition) is 1. The first-order valence-electron chi connectivity index (χ1n) is 4.37. The van der Waals surface area contributed by atoms with E-state index >= 15 is 0 Å². The molecule has 0 bridgehead atoms. The van der Waals surface area contributed by atoms with Gasteiger partial charge in [-0.2, -0.15) is 0 Å². The maximum atomic E-state index is 13.2. The molecule has 13 heavy (non-hydrogen) atoms. The third-order valence-corrected chi connectivity index (χ3v) is 2.47. The molecule has 0 fully saturated rings. The lowest BCUT2D eigenvalue weighted by molar-refractivity contribution is 0.561. The minimum absolute atomic E-state index is 0.415. The lowest BCUT2D eigenvalue weighted by Crippen LogP contribution is -2.25. The van der Waals surface area contributed by atoms with Crippen LogP contribution in [0.15, 0.2) is 12.1 Å². The molecule has 0 aromatic heterocycles. The zero-order chi connectivity index (χ0) is 9.42. The van der Waals surface area contributed by atoms with Gasteiger partial charge in [0, 0.05) is 30.9 Å². The van der Waals surface area contributed by atoms with Gasteiger partial charge in [0.2, 0.25) is 0 Å². The molecule has 1 aromatic rings. The number of nitrogens with zero attached hydrogens (tertiary/aromatic N) is 1. The van der Waals surface area contributed by atoms with Crippen LogP contribution >= 0.6 is 0 Å². The van der Waals surface area contributed by atoms with E-state index in [4.69, 9.17) is 0 Å². The van der Waals surface area contributed by atoms with Crippen molar-refractivity contribution in [2.75, 3.05) is 18.5 Å². The van der Waals surface area contributed by atoms with E-state index in [0.29, 0.717) is 17.7 Å². The highest BCUT2D eigenvalue weighted by Gasteiger charge is 2.18. The Morgan fingerprint density at radius 1 is 1.31 bits per heavy atom. The number of hydrogen-bond donors (Lipinski definition) is 0.